The van der Waals surface area contributed by atoms with Gasteiger partial charge in [-0.1, -0.05) is 30.3 Å². The second-order valence-electron chi connectivity index (χ2n) is 7.52. The number of benzene rings is 2. The van der Waals surface area contributed by atoms with Crippen LogP contribution in [0.3, 0.4) is 0 Å². The van der Waals surface area contributed by atoms with Crippen molar-refractivity contribution in [1.29, 1.82) is 5.26 Å². The molecule has 0 fully saturated rings. The molecule has 0 radical (unpaired) electrons. The molecule has 34 heavy (non-hydrogen) atoms. The molecule has 3 rings (SSSR count). The molecule has 9 nitrogen and oxygen atoms in total. The van der Waals surface area contributed by atoms with Crippen molar-refractivity contribution >= 4 is 29.2 Å². The number of nitrogens with zero attached hydrogens (tertiary/aromatic N) is 2. The first-order chi connectivity index (χ1) is 16.2. The van der Waals surface area contributed by atoms with Gasteiger partial charge in [-0.15, -0.1) is 0 Å². The van der Waals surface area contributed by atoms with Gasteiger partial charge < -0.3 is 20.5 Å². The highest BCUT2D eigenvalue weighted by molar-refractivity contribution is 6.06. The van der Waals surface area contributed by atoms with Gasteiger partial charge in [0, 0.05) is 12.6 Å². The summed E-state index contributed by atoms with van der Waals surface area (Å²) in [4.78, 5) is 38.9. The van der Waals surface area contributed by atoms with Gasteiger partial charge in [0.2, 0.25) is 5.91 Å². The minimum absolute atomic E-state index is 0.0280. The average Bonchev–Trinajstić information content (AvgIpc) is 2.83. The van der Waals surface area contributed by atoms with Crippen LogP contribution in [0.1, 0.15) is 24.0 Å². The zero-order chi connectivity index (χ0) is 25.0. The fourth-order valence-corrected chi connectivity index (χ4v) is 3.95. The van der Waals surface area contributed by atoms with Gasteiger partial charge in [0.1, 0.15) is 11.5 Å². The van der Waals surface area contributed by atoms with Crippen molar-refractivity contribution in [3.05, 3.63) is 82.3 Å². The minimum Gasteiger partial charge on any atom is -0.466 e. The molecular formula is C25H24N4O5. The number of anilines is 2. The monoisotopic (exact) mass is 460 g/mol. The second kappa shape index (κ2) is 9.92. The van der Waals surface area contributed by atoms with Crippen LogP contribution in [0.25, 0.3) is 0 Å². The van der Waals surface area contributed by atoms with Gasteiger partial charge in [-0.25, -0.2) is 9.59 Å². The highest BCUT2D eigenvalue weighted by Gasteiger charge is 2.43. The molecule has 0 saturated carbocycles. The summed E-state index contributed by atoms with van der Waals surface area (Å²) in [5.74, 6) is -2.84. The van der Waals surface area contributed by atoms with Gasteiger partial charge in [0.25, 0.3) is 0 Å². The van der Waals surface area contributed by atoms with Gasteiger partial charge in [0.15, 0.2) is 0 Å². The Morgan fingerprint density at radius 2 is 1.71 bits per heavy atom. The summed E-state index contributed by atoms with van der Waals surface area (Å²) in [7, 11) is 2.38. The van der Waals surface area contributed by atoms with E-state index in [-0.39, 0.29) is 28.6 Å². The Bertz CT molecular complexity index is 1260. The molecule has 1 unspecified atom stereocenters. The van der Waals surface area contributed by atoms with Crippen molar-refractivity contribution in [3.8, 4) is 6.07 Å². The van der Waals surface area contributed by atoms with Crippen molar-refractivity contribution in [2.75, 3.05) is 24.4 Å². The zero-order valence-electron chi connectivity index (χ0n) is 19.2. The number of methoxy groups -OCH3 is 2. The molecule has 1 aliphatic heterocycles. The summed E-state index contributed by atoms with van der Waals surface area (Å²) in [6, 6.07) is 15.8. The molecule has 1 amide bonds. The molecule has 0 saturated heterocycles. The molecule has 174 valence electrons. The fraction of sp³-hybridized carbons (Fsp3) is 0.200. The van der Waals surface area contributed by atoms with Crippen molar-refractivity contribution in [1.82, 2.24) is 0 Å². The third-order valence-electron chi connectivity index (χ3n) is 5.37. The molecule has 1 atom stereocenters. The first-order valence-corrected chi connectivity index (χ1v) is 10.3. The molecule has 2 aromatic carbocycles. The number of hydrogen-bond donors (Lipinski definition) is 2. The molecule has 2 aromatic rings. The van der Waals surface area contributed by atoms with Gasteiger partial charge >= 0.3 is 11.9 Å². The quantitative estimate of drug-likeness (QED) is 0.651. The summed E-state index contributed by atoms with van der Waals surface area (Å²) < 4.78 is 10.0. The predicted octanol–water partition coefficient (Wildman–Crippen LogP) is 2.85. The lowest BCUT2D eigenvalue weighted by atomic mass is 9.80. The Morgan fingerprint density at radius 1 is 1.06 bits per heavy atom. The van der Waals surface area contributed by atoms with Crippen LogP contribution in [-0.2, 0) is 23.9 Å². The van der Waals surface area contributed by atoms with Crippen LogP contribution in [0, 0.1) is 18.3 Å². The second-order valence-corrected chi connectivity index (χ2v) is 7.52. The Morgan fingerprint density at radius 3 is 2.24 bits per heavy atom. The van der Waals surface area contributed by atoms with Crippen LogP contribution in [0.4, 0.5) is 11.4 Å². The van der Waals surface area contributed by atoms with Crippen LogP contribution in [-0.4, -0.2) is 32.1 Å². The number of hydrogen-bond acceptors (Lipinski definition) is 8. The van der Waals surface area contributed by atoms with E-state index in [0.29, 0.717) is 22.5 Å². The van der Waals surface area contributed by atoms with E-state index in [1.54, 1.807) is 55.5 Å². The summed E-state index contributed by atoms with van der Waals surface area (Å²) >= 11 is 0. The van der Waals surface area contributed by atoms with E-state index in [1.807, 2.05) is 0 Å². The molecule has 0 spiro atoms. The molecule has 3 N–H and O–H groups in total. The Labute approximate surface area is 197 Å². The highest BCUT2D eigenvalue weighted by atomic mass is 16.5. The number of esters is 2. The first kappa shape index (κ1) is 24.1. The standard InChI is InChI=1S/C25H24N4O5/c1-14-12-17(28-15(2)30)10-11-19(14)29-22(25(32)34-4)21(24(31)33-3)20(18(13-26)23(29)27)16-8-6-5-7-9-16/h5-12,20H,27H2,1-4H3,(H,28,30). The molecule has 9 heteroatoms. The number of carbonyl (C=O) groups excluding carboxylic acids is 3. The van der Waals surface area contributed by atoms with Crippen molar-refractivity contribution < 1.29 is 23.9 Å². The summed E-state index contributed by atoms with van der Waals surface area (Å²) in [6.07, 6.45) is 0. The third kappa shape index (κ3) is 4.34. The lowest BCUT2D eigenvalue weighted by Gasteiger charge is -2.36. The normalized spacial score (nSPS) is 15.5. The maximum Gasteiger partial charge on any atom is 0.355 e. The van der Waals surface area contributed by atoms with E-state index in [9.17, 15) is 19.6 Å². The topological polar surface area (TPSA) is 135 Å². The van der Waals surface area contributed by atoms with E-state index in [2.05, 4.69) is 11.4 Å². The average molecular weight is 460 g/mol. The lowest BCUT2D eigenvalue weighted by molar-refractivity contribution is -0.139. The van der Waals surface area contributed by atoms with Crippen LogP contribution < -0.4 is 16.0 Å². The Hall–Kier alpha value is -4.58. The summed E-state index contributed by atoms with van der Waals surface area (Å²) in [5.41, 5.74) is 8.49. The third-order valence-corrected chi connectivity index (χ3v) is 5.37. The number of carbonyl (C=O) groups is 3. The number of allylic oxidation sites excluding steroid dienone is 1. The summed E-state index contributed by atoms with van der Waals surface area (Å²) in [5, 5.41) is 12.8. The molecule has 0 bridgehead atoms. The summed E-state index contributed by atoms with van der Waals surface area (Å²) in [6.45, 7) is 3.13. The molecular weight excluding hydrogens is 436 g/mol. The molecule has 1 heterocycles. The Kier molecular flexibility index (Phi) is 7.02. The number of nitrogens with one attached hydrogen (secondary N) is 1. The van der Waals surface area contributed by atoms with Crippen LogP contribution in [0.5, 0.6) is 0 Å². The van der Waals surface area contributed by atoms with Crippen molar-refractivity contribution in [3.63, 3.8) is 0 Å². The SMILES string of the molecule is COC(=O)C1=C(C(=O)OC)N(c2ccc(NC(C)=O)cc2C)C(N)=C(C#N)C1c1ccccc1. The van der Waals surface area contributed by atoms with Gasteiger partial charge in [-0.3, -0.25) is 9.69 Å². The van der Waals surface area contributed by atoms with E-state index in [1.165, 1.54) is 26.0 Å². The number of nitrogens with two attached hydrogens (primary N) is 1. The van der Waals surface area contributed by atoms with E-state index in [4.69, 9.17) is 15.2 Å². The van der Waals surface area contributed by atoms with Crippen LogP contribution in [0.15, 0.2) is 71.2 Å². The largest absolute Gasteiger partial charge is 0.466 e. The first-order valence-electron chi connectivity index (χ1n) is 10.3. The number of nitriles is 1. The molecule has 0 aliphatic carbocycles. The maximum absolute atomic E-state index is 13.1. The van der Waals surface area contributed by atoms with Crippen molar-refractivity contribution in [2.45, 2.75) is 19.8 Å². The van der Waals surface area contributed by atoms with Gasteiger partial charge in [-0.2, -0.15) is 5.26 Å². The molecule has 1 aliphatic rings. The van der Waals surface area contributed by atoms with E-state index in [0.717, 1.165) is 0 Å². The zero-order valence-corrected chi connectivity index (χ0v) is 19.2. The number of amides is 1. The smallest absolute Gasteiger partial charge is 0.355 e. The Balaban J connectivity index is 2.36. The number of aryl methyl sites for hydroxylation is 1. The van der Waals surface area contributed by atoms with Gasteiger partial charge in [-0.05, 0) is 36.2 Å². The number of rotatable bonds is 5. The minimum atomic E-state index is -0.942. The fourth-order valence-electron chi connectivity index (χ4n) is 3.95. The van der Waals surface area contributed by atoms with E-state index >= 15 is 0 Å². The lowest BCUT2D eigenvalue weighted by Crippen LogP contribution is -2.41. The molecule has 0 aromatic heterocycles. The van der Waals surface area contributed by atoms with Gasteiger partial charge in [0.05, 0.1) is 43.0 Å². The number of ether oxygens (including phenoxy) is 2. The predicted molar refractivity (Wildman–Crippen MR) is 125 cm³/mol. The highest BCUT2D eigenvalue weighted by Crippen LogP contribution is 2.44. The van der Waals surface area contributed by atoms with Crippen LogP contribution >= 0.6 is 0 Å². The van der Waals surface area contributed by atoms with Crippen LogP contribution in [0.2, 0.25) is 0 Å². The van der Waals surface area contributed by atoms with Crippen molar-refractivity contribution in [2.24, 2.45) is 5.73 Å². The maximum atomic E-state index is 13.1. The van der Waals surface area contributed by atoms with E-state index < -0.39 is 17.9 Å².